The SMILES string of the molecule is CCOc1ccccc1-c1noc([C@@H]2CCCN2C(=O)c2cccc(C)c2-n2nccn2)n1. The highest BCUT2D eigenvalue weighted by molar-refractivity contribution is 5.98. The molecule has 2 aromatic carbocycles. The van der Waals surface area contributed by atoms with Gasteiger partial charge in [-0.05, 0) is 50.5 Å². The quantitative estimate of drug-likeness (QED) is 0.443. The number of rotatable bonds is 6. The van der Waals surface area contributed by atoms with E-state index in [0.717, 1.165) is 24.0 Å². The molecule has 0 aliphatic carbocycles. The van der Waals surface area contributed by atoms with Gasteiger partial charge in [-0.1, -0.05) is 29.4 Å². The molecule has 9 heteroatoms. The van der Waals surface area contributed by atoms with Gasteiger partial charge < -0.3 is 14.2 Å². The van der Waals surface area contributed by atoms with Crippen LogP contribution in [0, 0.1) is 6.92 Å². The number of aryl methyl sites for hydroxylation is 1. The number of carbonyl (C=O) groups is 1. The Hall–Kier alpha value is -4.01. The van der Waals surface area contributed by atoms with E-state index in [1.54, 1.807) is 23.4 Å². The lowest BCUT2D eigenvalue weighted by Gasteiger charge is -2.23. The fourth-order valence-corrected chi connectivity index (χ4v) is 4.26. The summed E-state index contributed by atoms with van der Waals surface area (Å²) in [6, 6.07) is 12.9. The summed E-state index contributed by atoms with van der Waals surface area (Å²) in [7, 11) is 0. The molecule has 9 nitrogen and oxygen atoms in total. The fraction of sp³-hybridized carbons (Fsp3) is 0.292. The first-order valence-electron chi connectivity index (χ1n) is 11.0. The molecule has 5 rings (SSSR count). The van der Waals surface area contributed by atoms with Crippen LogP contribution < -0.4 is 4.74 Å². The second kappa shape index (κ2) is 8.85. The van der Waals surface area contributed by atoms with Crippen LogP contribution in [0.1, 0.15) is 47.6 Å². The van der Waals surface area contributed by atoms with Gasteiger partial charge >= 0.3 is 0 Å². The number of nitrogens with zero attached hydrogens (tertiary/aromatic N) is 6. The molecule has 168 valence electrons. The molecule has 0 saturated carbocycles. The third-order valence-electron chi connectivity index (χ3n) is 5.76. The zero-order valence-corrected chi connectivity index (χ0v) is 18.5. The third-order valence-corrected chi connectivity index (χ3v) is 5.76. The topological polar surface area (TPSA) is 99.2 Å². The average molecular weight is 444 g/mol. The Labute approximate surface area is 191 Å². The third kappa shape index (κ3) is 3.86. The molecule has 1 aliphatic rings. The zero-order chi connectivity index (χ0) is 22.8. The molecule has 0 spiro atoms. The van der Waals surface area contributed by atoms with Crippen molar-refractivity contribution in [3.63, 3.8) is 0 Å². The Kier molecular flexibility index (Phi) is 5.60. The van der Waals surface area contributed by atoms with Crippen LogP contribution >= 0.6 is 0 Å². The number of carbonyl (C=O) groups excluding carboxylic acids is 1. The van der Waals surface area contributed by atoms with Gasteiger partial charge in [0.05, 0.1) is 30.1 Å². The van der Waals surface area contributed by atoms with Gasteiger partial charge in [0.2, 0.25) is 11.7 Å². The summed E-state index contributed by atoms with van der Waals surface area (Å²) in [6.45, 7) is 5.02. The number of likely N-dealkylation sites (tertiary alicyclic amines) is 1. The molecule has 1 fully saturated rings. The van der Waals surface area contributed by atoms with Crippen molar-refractivity contribution in [1.82, 2.24) is 30.0 Å². The van der Waals surface area contributed by atoms with Crippen LogP contribution in [0.5, 0.6) is 5.75 Å². The number of para-hydroxylation sites is 2. The van der Waals surface area contributed by atoms with Gasteiger partial charge in [0, 0.05) is 6.54 Å². The largest absolute Gasteiger partial charge is 0.493 e. The van der Waals surface area contributed by atoms with Crippen molar-refractivity contribution in [2.24, 2.45) is 0 Å². The standard InChI is InChI=1S/C24H24N6O3/c1-3-32-20-12-5-4-9-17(20)22-27-23(33-28-22)19-11-7-15-29(19)24(31)18-10-6-8-16(2)21(18)30-25-13-14-26-30/h4-6,8-10,12-14,19H,3,7,11,15H2,1-2H3/t19-/m0/s1. The predicted molar refractivity (Wildman–Crippen MR) is 120 cm³/mol. The first-order valence-corrected chi connectivity index (χ1v) is 11.0. The van der Waals surface area contributed by atoms with Crippen molar-refractivity contribution in [2.45, 2.75) is 32.7 Å². The second-order valence-corrected chi connectivity index (χ2v) is 7.83. The molecule has 0 N–H and O–H groups in total. The highest BCUT2D eigenvalue weighted by atomic mass is 16.5. The van der Waals surface area contributed by atoms with E-state index >= 15 is 0 Å². The van der Waals surface area contributed by atoms with Crippen LogP contribution in [0.2, 0.25) is 0 Å². The van der Waals surface area contributed by atoms with Gasteiger partial charge in [-0.15, -0.1) is 0 Å². The van der Waals surface area contributed by atoms with E-state index in [2.05, 4.69) is 20.3 Å². The highest BCUT2D eigenvalue weighted by Gasteiger charge is 2.36. The molecule has 1 saturated heterocycles. The van der Waals surface area contributed by atoms with Gasteiger partial charge in [0.15, 0.2) is 0 Å². The molecular formula is C24H24N6O3. The predicted octanol–water partition coefficient (Wildman–Crippen LogP) is 4.00. The average Bonchev–Trinajstić information content (AvgIpc) is 3.60. The van der Waals surface area contributed by atoms with E-state index in [-0.39, 0.29) is 11.9 Å². The van der Waals surface area contributed by atoms with Gasteiger partial charge in [0.1, 0.15) is 17.5 Å². The van der Waals surface area contributed by atoms with Crippen molar-refractivity contribution < 1.29 is 14.1 Å². The lowest BCUT2D eigenvalue weighted by Crippen LogP contribution is -2.32. The molecule has 0 radical (unpaired) electrons. The first kappa shape index (κ1) is 20.9. The van der Waals surface area contributed by atoms with Crippen LogP contribution in [0.4, 0.5) is 0 Å². The highest BCUT2D eigenvalue weighted by Crippen LogP contribution is 2.35. The number of amides is 1. The summed E-state index contributed by atoms with van der Waals surface area (Å²) in [5.41, 5.74) is 2.89. The van der Waals surface area contributed by atoms with E-state index in [4.69, 9.17) is 9.26 Å². The van der Waals surface area contributed by atoms with Crippen LogP contribution in [-0.2, 0) is 0 Å². The number of ether oxygens (including phenoxy) is 1. The summed E-state index contributed by atoms with van der Waals surface area (Å²) < 4.78 is 11.3. The smallest absolute Gasteiger partial charge is 0.256 e. The minimum Gasteiger partial charge on any atom is -0.493 e. The summed E-state index contributed by atoms with van der Waals surface area (Å²) in [5.74, 6) is 1.46. The molecule has 4 aromatic rings. The Morgan fingerprint density at radius 1 is 1.15 bits per heavy atom. The number of benzene rings is 2. The lowest BCUT2D eigenvalue weighted by molar-refractivity contribution is 0.0709. The van der Waals surface area contributed by atoms with Gasteiger partial charge in [0.25, 0.3) is 5.91 Å². The van der Waals surface area contributed by atoms with Gasteiger partial charge in [-0.2, -0.15) is 20.0 Å². The van der Waals surface area contributed by atoms with E-state index in [1.807, 2.05) is 50.2 Å². The molecule has 1 aliphatic heterocycles. The normalized spacial score (nSPS) is 15.7. The molecule has 0 unspecified atom stereocenters. The molecule has 1 amide bonds. The minimum atomic E-state index is -0.294. The molecule has 2 aromatic heterocycles. The Morgan fingerprint density at radius 3 is 2.79 bits per heavy atom. The maximum atomic E-state index is 13.7. The monoisotopic (exact) mass is 444 g/mol. The van der Waals surface area contributed by atoms with E-state index in [0.29, 0.717) is 41.9 Å². The summed E-state index contributed by atoms with van der Waals surface area (Å²) in [4.78, 5) is 21.6. The zero-order valence-electron chi connectivity index (χ0n) is 18.5. The Bertz CT molecular complexity index is 1270. The summed E-state index contributed by atoms with van der Waals surface area (Å²) >= 11 is 0. The number of aromatic nitrogens is 5. The second-order valence-electron chi connectivity index (χ2n) is 7.83. The van der Waals surface area contributed by atoms with Crippen molar-refractivity contribution in [3.05, 3.63) is 71.9 Å². The van der Waals surface area contributed by atoms with E-state index in [9.17, 15) is 4.79 Å². The maximum Gasteiger partial charge on any atom is 0.256 e. The van der Waals surface area contributed by atoms with Crippen molar-refractivity contribution in [2.75, 3.05) is 13.2 Å². The Morgan fingerprint density at radius 2 is 1.97 bits per heavy atom. The molecule has 3 heterocycles. The molecule has 1 atom stereocenters. The fourth-order valence-electron chi connectivity index (χ4n) is 4.26. The van der Waals surface area contributed by atoms with Crippen molar-refractivity contribution >= 4 is 5.91 Å². The van der Waals surface area contributed by atoms with Crippen molar-refractivity contribution in [1.29, 1.82) is 0 Å². The number of hydrogen-bond donors (Lipinski definition) is 0. The minimum absolute atomic E-state index is 0.108. The summed E-state index contributed by atoms with van der Waals surface area (Å²) in [5, 5.41) is 12.7. The first-order chi connectivity index (χ1) is 16.2. The van der Waals surface area contributed by atoms with Crippen LogP contribution in [-0.4, -0.2) is 49.1 Å². The van der Waals surface area contributed by atoms with Crippen LogP contribution in [0.3, 0.4) is 0 Å². The molecular weight excluding hydrogens is 420 g/mol. The number of hydrogen-bond acceptors (Lipinski definition) is 7. The molecule has 33 heavy (non-hydrogen) atoms. The molecule has 0 bridgehead atoms. The van der Waals surface area contributed by atoms with Gasteiger partial charge in [-0.25, -0.2) is 0 Å². The maximum absolute atomic E-state index is 13.7. The van der Waals surface area contributed by atoms with Crippen molar-refractivity contribution in [3.8, 4) is 22.8 Å². The Balaban J connectivity index is 1.46. The lowest BCUT2D eigenvalue weighted by atomic mass is 10.1. The summed E-state index contributed by atoms with van der Waals surface area (Å²) in [6.07, 6.45) is 4.80. The van der Waals surface area contributed by atoms with E-state index < -0.39 is 0 Å². The van der Waals surface area contributed by atoms with Gasteiger partial charge in [-0.3, -0.25) is 4.79 Å². The van der Waals surface area contributed by atoms with E-state index in [1.165, 1.54) is 4.80 Å². The van der Waals surface area contributed by atoms with Crippen LogP contribution in [0.15, 0.2) is 59.4 Å². The van der Waals surface area contributed by atoms with Crippen LogP contribution in [0.25, 0.3) is 17.1 Å².